The summed E-state index contributed by atoms with van der Waals surface area (Å²) >= 11 is 0. The number of hydrogen-bond acceptors (Lipinski definition) is 5. The van der Waals surface area contributed by atoms with Crippen LogP contribution in [0.2, 0.25) is 0 Å². The zero-order valence-electron chi connectivity index (χ0n) is 15.5. The Bertz CT molecular complexity index is 1340. The predicted molar refractivity (Wildman–Crippen MR) is 105 cm³/mol. The Kier molecular flexibility index (Phi) is 4.93. The predicted octanol–water partition coefficient (Wildman–Crippen LogP) is 1.88. The van der Waals surface area contributed by atoms with Gasteiger partial charge in [0.1, 0.15) is 17.1 Å². The van der Waals surface area contributed by atoms with Crippen molar-refractivity contribution in [3.8, 4) is 5.75 Å². The minimum absolute atomic E-state index is 0.0623. The van der Waals surface area contributed by atoms with E-state index in [2.05, 4.69) is 5.32 Å². The van der Waals surface area contributed by atoms with Gasteiger partial charge in [-0.3, -0.25) is 14.4 Å². The van der Waals surface area contributed by atoms with Crippen molar-refractivity contribution in [1.29, 1.82) is 0 Å². The molecule has 0 aliphatic rings. The van der Waals surface area contributed by atoms with E-state index in [9.17, 15) is 23.9 Å². The van der Waals surface area contributed by atoms with Gasteiger partial charge in [-0.15, -0.1) is 0 Å². The number of carbonyl (C=O) groups is 1. The van der Waals surface area contributed by atoms with Gasteiger partial charge in [0, 0.05) is 25.1 Å². The van der Waals surface area contributed by atoms with Crippen molar-refractivity contribution in [3.05, 3.63) is 105 Å². The summed E-state index contributed by atoms with van der Waals surface area (Å²) in [5.74, 6) is -1.42. The smallest absolute Gasteiger partial charge is 0.279 e. The highest BCUT2D eigenvalue weighted by molar-refractivity contribution is 5.94. The molecule has 0 bridgehead atoms. The van der Waals surface area contributed by atoms with Crippen molar-refractivity contribution in [2.45, 2.75) is 13.1 Å². The number of hydrogen-bond donors (Lipinski definition) is 2. The van der Waals surface area contributed by atoms with Crippen molar-refractivity contribution >= 4 is 11.4 Å². The molecule has 1 amide bonds. The summed E-state index contributed by atoms with van der Waals surface area (Å²) < 4.78 is 20.7. The third kappa shape index (κ3) is 3.60. The molecule has 3 heterocycles. The summed E-state index contributed by atoms with van der Waals surface area (Å²) in [5.41, 5.74) is -1.50. The van der Waals surface area contributed by atoms with Gasteiger partial charge in [0.25, 0.3) is 11.5 Å². The molecule has 0 radical (unpaired) electrons. The van der Waals surface area contributed by atoms with Gasteiger partial charge in [-0.1, -0.05) is 12.1 Å². The van der Waals surface area contributed by atoms with E-state index in [4.69, 9.17) is 4.42 Å². The topological polar surface area (TPSA) is 106 Å². The number of amides is 1. The molecule has 1 aromatic carbocycles. The van der Waals surface area contributed by atoms with E-state index in [1.807, 2.05) is 0 Å². The molecule has 0 aliphatic heterocycles. The van der Waals surface area contributed by atoms with Crippen LogP contribution < -0.4 is 16.3 Å². The number of furan rings is 1. The fourth-order valence-electron chi connectivity index (χ4n) is 3.04. The van der Waals surface area contributed by atoms with E-state index < -0.39 is 28.5 Å². The maximum Gasteiger partial charge on any atom is 0.279 e. The van der Waals surface area contributed by atoms with Crippen LogP contribution in [0.4, 0.5) is 4.39 Å². The van der Waals surface area contributed by atoms with Crippen molar-refractivity contribution in [2.24, 2.45) is 0 Å². The second-order valence-corrected chi connectivity index (χ2v) is 6.60. The number of aromatic nitrogens is 2. The summed E-state index contributed by atoms with van der Waals surface area (Å²) in [6.45, 7) is 0.183. The van der Waals surface area contributed by atoms with Crippen LogP contribution in [0.1, 0.15) is 21.7 Å². The average molecular weight is 409 g/mol. The van der Waals surface area contributed by atoms with Crippen LogP contribution in [-0.2, 0) is 13.1 Å². The van der Waals surface area contributed by atoms with Crippen molar-refractivity contribution in [1.82, 2.24) is 14.3 Å². The first-order valence-electron chi connectivity index (χ1n) is 8.96. The van der Waals surface area contributed by atoms with Gasteiger partial charge in [0.15, 0.2) is 11.3 Å². The number of halogens is 1. The van der Waals surface area contributed by atoms with E-state index in [0.29, 0.717) is 11.3 Å². The standard InChI is InChI=1S/C21H16FN3O5/c22-14-5-3-13(4-6-14)10-23-20(28)16-12-24-7-8-25(11-15-2-1-9-30-15)21(29)17(24)19(27)18(16)26/h1-9,12,27H,10-11H2,(H,23,28). The number of benzene rings is 1. The molecule has 0 saturated heterocycles. The molecular formula is C21H16FN3O5. The fraction of sp³-hybridized carbons (Fsp3) is 0.0952. The Hall–Kier alpha value is -4.14. The van der Waals surface area contributed by atoms with Gasteiger partial charge >= 0.3 is 0 Å². The summed E-state index contributed by atoms with van der Waals surface area (Å²) in [6.07, 6.45) is 5.58. The van der Waals surface area contributed by atoms with Gasteiger partial charge in [-0.25, -0.2) is 4.39 Å². The number of nitrogens with one attached hydrogen (secondary N) is 1. The second-order valence-electron chi connectivity index (χ2n) is 6.60. The molecule has 9 heteroatoms. The molecular weight excluding hydrogens is 393 g/mol. The first-order chi connectivity index (χ1) is 14.4. The van der Waals surface area contributed by atoms with E-state index in [0.717, 1.165) is 0 Å². The van der Waals surface area contributed by atoms with Crippen molar-refractivity contribution < 1.29 is 18.7 Å². The second kappa shape index (κ2) is 7.70. The summed E-state index contributed by atoms with van der Waals surface area (Å²) in [4.78, 5) is 37.7. The highest BCUT2D eigenvalue weighted by Crippen LogP contribution is 2.12. The van der Waals surface area contributed by atoms with Gasteiger partial charge in [-0.2, -0.15) is 0 Å². The van der Waals surface area contributed by atoms with Crippen molar-refractivity contribution in [2.75, 3.05) is 0 Å². The number of rotatable bonds is 5. The van der Waals surface area contributed by atoms with E-state index in [-0.39, 0.29) is 24.2 Å². The Morgan fingerprint density at radius 1 is 1.13 bits per heavy atom. The lowest BCUT2D eigenvalue weighted by Crippen LogP contribution is -2.30. The number of carbonyl (C=O) groups excluding carboxylic acids is 1. The monoisotopic (exact) mass is 409 g/mol. The maximum absolute atomic E-state index is 13.0. The number of aromatic hydroxyl groups is 1. The number of fused-ring (bicyclic) bond motifs is 1. The molecule has 0 spiro atoms. The zero-order valence-corrected chi connectivity index (χ0v) is 15.5. The van der Waals surface area contributed by atoms with Crippen molar-refractivity contribution in [3.63, 3.8) is 0 Å². The molecule has 0 aliphatic carbocycles. The Balaban J connectivity index is 1.65. The molecule has 152 valence electrons. The Morgan fingerprint density at radius 3 is 2.60 bits per heavy atom. The largest absolute Gasteiger partial charge is 0.503 e. The molecule has 0 fully saturated rings. The third-order valence-corrected chi connectivity index (χ3v) is 4.60. The third-order valence-electron chi connectivity index (χ3n) is 4.60. The zero-order chi connectivity index (χ0) is 21.3. The SMILES string of the molecule is O=C(NCc1ccc(F)cc1)c1cn2ccn(Cc3ccco3)c(=O)c2c(O)c1=O. The molecule has 4 aromatic rings. The Labute approximate surface area is 168 Å². The summed E-state index contributed by atoms with van der Waals surface area (Å²) in [7, 11) is 0. The van der Waals surface area contributed by atoms with E-state index in [1.165, 1.54) is 58.1 Å². The highest BCUT2D eigenvalue weighted by atomic mass is 19.1. The lowest BCUT2D eigenvalue weighted by Gasteiger charge is -2.10. The molecule has 30 heavy (non-hydrogen) atoms. The van der Waals surface area contributed by atoms with Gasteiger partial charge in [0.2, 0.25) is 5.43 Å². The van der Waals surface area contributed by atoms with Crippen LogP contribution in [0.5, 0.6) is 5.75 Å². The lowest BCUT2D eigenvalue weighted by molar-refractivity contribution is 0.0949. The van der Waals surface area contributed by atoms with Crippen LogP contribution in [0.3, 0.4) is 0 Å². The van der Waals surface area contributed by atoms with Crippen LogP contribution in [0, 0.1) is 5.82 Å². The van der Waals surface area contributed by atoms with Crippen LogP contribution in [0.25, 0.3) is 5.52 Å². The summed E-state index contributed by atoms with van der Waals surface area (Å²) in [5, 5.41) is 12.9. The molecule has 8 nitrogen and oxygen atoms in total. The van der Waals surface area contributed by atoms with Crippen LogP contribution in [0.15, 0.2) is 75.3 Å². The number of pyridine rings is 1. The average Bonchev–Trinajstić information content (AvgIpc) is 3.25. The normalized spacial score (nSPS) is 11.0. The molecule has 2 N–H and O–H groups in total. The van der Waals surface area contributed by atoms with E-state index >= 15 is 0 Å². The van der Waals surface area contributed by atoms with Gasteiger partial charge in [-0.05, 0) is 29.8 Å². The minimum Gasteiger partial charge on any atom is -0.503 e. The maximum atomic E-state index is 13.0. The lowest BCUT2D eigenvalue weighted by atomic mass is 10.2. The molecule has 0 saturated carbocycles. The molecule has 3 aromatic heterocycles. The summed E-state index contributed by atoms with van der Waals surface area (Å²) in [6, 6.07) is 8.89. The number of nitrogens with zero attached hydrogens (tertiary/aromatic N) is 2. The van der Waals surface area contributed by atoms with Crippen LogP contribution >= 0.6 is 0 Å². The first kappa shape index (κ1) is 19.2. The molecule has 4 rings (SSSR count). The van der Waals surface area contributed by atoms with Gasteiger partial charge < -0.3 is 23.8 Å². The Morgan fingerprint density at radius 2 is 1.90 bits per heavy atom. The first-order valence-corrected chi connectivity index (χ1v) is 8.96. The van der Waals surface area contributed by atoms with Gasteiger partial charge in [0.05, 0.1) is 12.8 Å². The quantitative estimate of drug-likeness (QED) is 0.524. The highest BCUT2D eigenvalue weighted by Gasteiger charge is 2.19. The van der Waals surface area contributed by atoms with Crippen LogP contribution in [-0.4, -0.2) is 20.0 Å². The molecule has 0 atom stereocenters. The van der Waals surface area contributed by atoms with E-state index in [1.54, 1.807) is 12.1 Å². The fourth-order valence-corrected chi connectivity index (χ4v) is 3.04. The minimum atomic E-state index is -0.959. The molecule has 0 unspecified atom stereocenters.